The third kappa shape index (κ3) is 3.15. The molecular weight excluding hydrogens is 220 g/mol. The Labute approximate surface area is 99.4 Å². The van der Waals surface area contributed by atoms with Crippen LogP contribution >= 0.6 is 11.3 Å². The molecule has 86 valence electrons. The molecule has 0 bridgehead atoms. The van der Waals surface area contributed by atoms with E-state index in [0.29, 0.717) is 0 Å². The largest absolute Gasteiger partial charge is 0.336 e. The van der Waals surface area contributed by atoms with E-state index in [1.165, 1.54) is 9.88 Å². The van der Waals surface area contributed by atoms with Gasteiger partial charge >= 0.3 is 0 Å². The Bertz CT molecular complexity index is 407. The predicted octanol–water partition coefficient (Wildman–Crippen LogP) is 1.69. The van der Waals surface area contributed by atoms with E-state index in [1.54, 1.807) is 17.5 Å². The number of nitrogens with zero attached hydrogens (tertiary/aromatic N) is 3. The maximum atomic E-state index is 4.33. The van der Waals surface area contributed by atoms with Gasteiger partial charge in [0.2, 0.25) is 0 Å². The normalized spacial score (nSPS) is 10.8. The molecule has 2 heterocycles. The lowest BCUT2D eigenvalue weighted by Gasteiger charge is -2.03. The number of aromatic nitrogens is 3. The summed E-state index contributed by atoms with van der Waals surface area (Å²) in [5.74, 6) is 0. The molecular formula is C11H16N4S. The van der Waals surface area contributed by atoms with Crippen molar-refractivity contribution in [2.45, 2.75) is 26.4 Å². The van der Waals surface area contributed by atoms with Crippen molar-refractivity contribution in [3.63, 3.8) is 0 Å². The van der Waals surface area contributed by atoms with Gasteiger partial charge in [0, 0.05) is 43.1 Å². The first kappa shape index (κ1) is 11.3. The minimum atomic E-state index is 0.909. The topological polar surface area (TPSA) is 42.7 Å². The second-order valence-corrected chi connectivity index (χ2v) is 4.75. The molecule has 0 atom stereocenters. The summed E-state index contributed by atoms with van der Waals surface area (Å²) in [5.41, 5.74) is 0. The maximum absolute atomic E-state index is 4.33. The highest BCUT2D eigenvalue weighted by Gasteiger charge is 1.99. The van der Waals surface area contributed by atoms with Gasteiger partial charge in [0.25, 0.3) is 0 Å². The average Bonchev–Trinajstić information content (AvgIpc) is 2.95. The molecule has 0 aliphatic rings. The highest BCUT2D eigenvalue weighted by Crippen LogP contribution is 2.12. The zero-order valence-electron chi connectivity index (χ0n) is 9.39. The van der Waals surface area contributed by atoms with Crippen LogP contribution in [-0.2, 0) is 19.5 Å². The van der Waals surface area contributed by atoms with Crippen molar-refractivity contribution in [3.8, 4) is 0 Å². The summed E-state index contributed by atoms with van der Waals surface area (Å²) < 4.78 is 2.07. The molecule has 16 heavy (non-hydrogen) atoms. The molecule has 0 unspecified atom stereocenters. The summed E-state index contributed by atoms with van der Waals surface area (Å²) in [6, 6.07) is 0. The predicted molar refractivity (Wildman–Crippen MR) is 65.4 cm³/mol. The van der Waals surface area contributed by atoms with Crippen LogP contribution in [0.5, 0.6) is 0 Å². The summed E-state index contributed by atoms with van der Waals surface area (Å²) >= 11 is 1.79. The number of hydrogen-bond donors (Lipinski definition) is 1. The SMILES string of the molecule is CCc1ncc(CNCCn2ccnc2)s1. The zero-order valence-corrected chi connectivity index (χ0v) is 10.2. The van der Waals surface area contributed by atoms with Gasteiger partial charge in [0.15, 0.2) is 0 Å². The molecule has 0 radical (unpaired) electrons. The smallest absolute Gasteiger partial charge is 0.0946 e. The highest BCUT2D eigenvalue weighted by atomic mass is 32.1. The van der Waals surface area contributed by atoms with Crippen LogP contribution in [0.3, 0.4) is 0 Å². The Morgan fingerprint density at radius 1 is 1.50 bits per heavy atom. The van der Waals surface area contributed by atoms with E-state index >= 15 is 0 Å². The van der Waals surface area contributed by atoms with Crippen LogP contribution in [0.1, 0.15) is 16.8 Å². The third-order valence-corrected chi connectivity index (χ3v) is 3.45. The van der Waals surface area contributed by atoms with Crippen molar-refractivity contribution in [1.82, 2.24) is 19.9 Å². The molecule has 0 amide bonds. The number of nitrogens with one attached hydrogen (secondary N) is 1. The van der Waals surface area contributed by atoms with E-state index in [9.17, 15) is 0 Å². The van der Waals surface area contributed by atoms with Gasteiger partial charge in [-0.3, -0.25) is 0 Å². The molecule has 5 heteroatoms. The first-order valence-electron chi connectivity index (χ1n) is 5.48. The van der Waals surface area contributed by atoms with Gasteiger partial charge in [-0.15, -0.1) is 11.3 Å². The van der Waals surface area contributed by atoms with Crippen LogP contribution in [0.4, 0.5) is 0 Å². The van der Waals surface area contributed by atoms with Gasteiger partial charge in [0.1, 0.15) is 0 Å². The monoisotopic (exact) mass is 236 g/mol. The number of thiazole rings is 1. The summed E-state index contributed by atoms with van der Waals surface area (Å²) in [5, 5.41) is 4.61. The molecule has 0 aromatic carbocycles. The van der Waals surface area contributed by atoms with Crippen molar-refractivity contribution in [1.29, 1.82) is 0 Å². The van der Waals surface area contributed by atoms with Crippen LogP contribution in [0, 0.1) is 0 Å². The van der Waals surface area contributed by atoms with Crippen LogP contribution in [0.15, 0.2) is 24.9 Å². The second-order valence-electron chi connectivity index (χ2n) is 3.55. The summed E-state index contributed by atoms with van der Waals surface area (Å²) in [6.07, 6.45) is 8.61. The molecule has 0 aliphatic carbocycles. The lowest BCUT2D eigenvalue weighted by atomic mass is 10.5. The molecule has 2 aromatic rings. The highest BCUT2D eigenvalue weighted by molar-refractivity contribution is 7.11. The molecule has 0 saturated heterocycles. The van der Waals surface area contributed by atoms with Gasteiger partial charge < -0.3 is 9.88 Å². The summed E-state index contributed by atoms with van der Waals surface area (Å²) in [6.45, 7) is 4.95. The fraction of sp³-hybridized carbons (Fsp3) is 0.455. The van der Waals surface area contributed by atoms with Crippen molar-refractivity contribution < 1.29 is 0 Å². The molecule has 0 aliphatic heterocycles. The van der Waals surface area contributed by atoms with Crippen LogP contribution in [-0.4, -0.2) is 21.1 Å². The van der Waals surface area contributed by atoms with Crippen molar-refractivity contribution in [2.24, 2.45) is 0 Å². The first-order chi connectivity index (χ1) is 7.88. The van der Waals surface area contributed by atoms with Crippen molar-refractivity contribution >= 4 is 11.3 Å². The lowest BCUT2D eigenvalue weighted by molar-refractivity contribution is 0.600. The van der Waals surface area contributed by atoms with Crippen molar-refractivity contribution in [2.75, 3.05) is 6.54 Å². The molecule has 0 spiro atoms. The van der Waals surface area contributed by atoms with Crippen LogP contribution in [0.25, 0.3) is 0 Å². The molecule has 0 saturated carbocycles. The first-order valence-corrected chi connectivity index (χ1v) is 6.30. The number of rotatable bonds is 6. The van der Waals surface area contributed by atoms with E-state index in [-0.39, 0.29) is 0 Å². The van der Waals surface area contributed by atoms with Gasteiger partial charge in [-0.25, -0.2) is 9.97 Å². The van der Waals surface area contributed by atoms with E-state index in [1.807, 2.05) is 18.7 Å². The Morgan fingerprint density at radius 2 is 2.44 bits per heavy atom. The fourth-order valence-electron chi connectivity index (χ4n) is 1.43. The number of imidazole rings is 1. The molecule has 1 N–H and O–H groups in total. The number of hydrogen-bond acceptors (Lipinski definition) is 4. The molecule has 4 nitrogen and oxygen atoms in total. The Kier molecular flexibility index (Phi) is 4.07. The Morgan fingerprint density at radius 3 is 3.12 bits per heavy atom. The fourth-order valence-corrected chi connectivity index (χ4v) is 2.26. The van der Waals surface area contributed by atoms with E-state index < -0.39 is 0 Å². The Balaban J connectivity index is 1.68. The minimum Gasteiger partial charge on any atom is -0.336 e. The van der Waals surface area contributed by atoms with Crippen molar-refractivity contribution in [3.05, 3.63) is 34.8 Å². The van der Waals surface area contributed by atoms with E-state index in [4.69, 9.17) is 0 Å². The summed E-state index contributed by atoms with van der Waals surface area (Å²) in [4.78, 5) is 9.64. The Hall–Kier alpha value is -1.20. The number of aryl methyl sites for hydroxylation is 1. The summed E-state index contributed by atoms with van der Waals surface area (Å²) in [7, 11) is 0. The standard InChI is InChI=1S/C11H16N4S/c1-2-11-14-8-10(16-11)7-12-3-5-15-6-4-13-9-15/h4,6,8-9,12H,2-3,5,7H2,1H3. The third-order valence-electron chi connectivity index (χ3n) is 2.31. The van der Waals surface area contributed by atoms with E-state index in [0.717, 1.165) is 26.1 Å². The van der Waals surface area contributed by atoms with Gasteiger partial charge in [-0.05, 0) is 6.42 Å². The van der Waals surface area contributed by atoms with Crippen LogP contribution < -0.4 is 5.32 Å². The minimum absolute atomic E-state index is 0.909. The second kappa shape index (κ2) is 5.77. The van der Waals surface area contributed by atoms with Gasteiger partial charge in [-0.2, -0.15) is 0 Å². The van der Waals surface area contributed by atoms with Gasteiger partial charge in [0.05, 0.1) is 11.3 Å². The maximum Gasteiger partial charge on any atom is 0.0946 e. The molecule has 0 fully saturated rings. The van der Waals surface area contributed by atoms with E-state index in [2.05, 4.69) is 26.8 Å². The van der Waals surface area contributed by atoms with Gasteiger partial charge in [-0.1, -0.05) is 6.92 Å². The quantitative estimate of drug-likeness (QED) is 0.776. The zero-order chi connectivity index (χ0) is 11.2. The molecule has 2 aromatic heterocycles. The lowest BCUT2D eigenvalue weighted by Crippen LogP contribution is -2.18. The average molecular weight is 236 g/mol. The van der Waals surface area contributed by atoms with Crippen LogP contribution in [0.2, 0.25) is 0 Å². The molecule has 2 rings (SSSR count).